The number of aliphatic hydroxyl groups excluding tert-OH is 2. The predicted molar refractivity (Wildman–Crippen MR) is 112 cm³/mol. The Bertz CT molecular complexity index is 640. The molecule has 4 rings (SSSR count). The van der Waals surface area contributed by atoms with Gasteiger partial charge in [-0.3, -0.25) is 9.63 Å². The van der Waals surface area contributed by atoms with Crippen molar-refractivity contribution in [2.45, 2.75) is 84.3 Å². The van der Waals surface area contributed by atoms with Crippen LogP contribution in [0.15, 0.2) is 0 Å². The lowest BCUT2D eigenvalue weighted by molar-refractivity contribution is -0.188. The molecule has 1 amide bonds. The van der Waals surface area contributed by atoms with Gasteiger partial charge in [0.25, 0.3) is 0 Å². The van der Waals surface area contributed by atoms with Crippen molar-refractivity contribution in [3.8, 4) is 0 Å². The summed E-state index contributed by atoms with van der Waals surface area (Å²) in [7, 11) is 3.21. The first kappa shape index (κ1) is 21.6. The van der Waals surface area contributed by atoms with Gasteiger partial charge in [0.15, 0.2) is 0 Å². The Labute approximate surface area is 176 Å². The number of fused-ring (bicyclic) bond motifs is 5. The van der Waals surface area contributed by atoms with Crippen LogP contribution in [0.2, 0.25) is 0 Å². The number of carbonyl (C=O) groups excluding carboxylic acids is 1. The average Bonchev–Trinajstić information content (AvgIpc) is 3.06. The van der Waals surface area contributed by atoms with Crippen LogP contribution in [0, 0.1) is 46.3 Å². The molecule has 5 nitrogen and oxygen atoms in total. The molecule has 2 N–H and O–H groups in total. The molecule has 0 bridgehead atoms. The highest BCUT2D eigenvalue weighted by atomic mass is 16.7. The number of hydroxylamine groups is 2. The van der Waals surface area contributed by atoms with Gasteiger partial charge < -0.3 is 10.2 Å². The number of carbonyl (C=O) groups is 1. The molecule has 4 fully saturated rings. The van der Waals surface area contributed by atoms with Crippen LogP contribution in [0.3, 0.4) is 0 Å². The van der Waals surface area contributed by atoms with Crippen LogP contribution in [-0.2, 0) is 9.63 Å². The van der Waals surface area contributed by atoms with Crippen molar-refractivity contribution >= 4 is 5.91 Å². The zero-order valence-corrected chi connectivity index (χ0v) is 18.9. The van der Waals surface area contributed by atoms with Crippen LogP contribution in [0.5, 0.6) is 0 Å². The number of amides is 1. The lowest BCUT2D eigenvalue weighted by Gasteiger charge is -2.62. The van der Waals surface area contributed by atoms with Crippen molar-refractivity contribution in [1.29, 1.82) is 0 Å². The fourth-order valence-electron chi connectivity index (χ4n) is 8.60. The summed E-state index contributed by atoms with van der Waals surface area (Å²) >= 11 is 0. The highest BCUT2D eigenvalue weighted by Gasteiger charge is 2.64. The molecule has 0 spiro atoms. The molecular formula is C24H41NO4. The van der Waals surface area contributed by atoms with E-state index in [0.717, 1.165) is 38.5 Å². The zero-order valence-electron chi connectivity index (χ0n) is 18.9. The molecule has 0 aromatic heterocycles. The van der Waals surface area contributed by atoms with Crippen LogP contribution in [0.1, 0.15) is 72.1 Å². The maximum absolute atomic E-state index is 12.8. The molecule has 5 heteroatoms. The van der Waals surface area contributed by atoms with Crippen molar-refractivity contribution < 1.29 is 19.8 Å². The van der Waals surface area contributed by atoms with Crippen LogP contribution in [0.4, 0.5) is 0 Å². The monoisotopic (exact) mass is 407 g/mol. The Hall–Kier alpha value is -0.650. The van der Waals surface area contributed by atoms with Gasteiger partial charge in [0, 0.05) is 18.4 Å². The second-order valence-electron chi connectivity index (χ2n) is 11.2. The normalized spacial score (nSPS) is 50.2. The van der Waals surface area contributed by atoms with E-state index < -0.39 is 0 Å². The van der Waals surface area contributed by atoms with E-state index in [4.69, 9.17) is 4.84 Å². The Morgan fingerprint density at radius 1 is 1.07 bits per heavy atom. The summed E-state index contributed by atoms with van der Waals surface area (Å²) in [5.41, 5.74) is 0.0580. The smallest absolute Gasteiger partial charge is 0.248 e. The molecule has 4 aliphatic rings. The minimum Gasteiger partial charge on any atom is -0.393 e. The van der Waals surface area contributed by atoms with E-state index in [2.05, 4.69) is 13.8 Å². The topological polar surface area (TPSA) is 70.0 Å². The largest absolute Gasteiger partial charge is 0.393 e. The van der Waals surface area contributed by atoms with E-state index in [1.54, 1.807) is 7.05 Å². The Kier molecular flexibility index (Phi) is 5.57. The first-order chi connectivity index (χ1) is 13.6. The summed E-state index contributed by atoms with van der Waals surface area (Å²) < 4.78 is 0. The molecule has 0 saturated heterocycles. The molecule has 0 radical (unpaired) electrons. The standard InChI is InChI=1S/C24H41NO4/c1-14(22(28)25(4)29-5)18-8-9-19-17-7-6-15-12-16(26)10-11-23(15,2)20(17)13-21(27)24(18,19)3/h14-21,26-27H,6-13H2,1-5H3/t14?,15?,16-,17?,18-,19?,20?,21+,23+,24-/m1/s1. The Morgan fingerprint density at radius 3 is 2.48 bits per heavy atom. The van der Waals surface area contributed by atoms with Gasteiger partial charge in [-0.15, -0.1) is 0 Å². The summed E-state index contributed by atoms with van der Waals surface area (Å²) in [5, 5.41) is 23.1. The van der Waals surface area contributed by atoms with Crippen molar-refractivity contribution in [1.82, 2.24) is 5.06 Å². The van der Waals surface area contributed by atoms with Crippen LogP contribution >= 0.6 is 0 Å². The van der Waals surface area contributed by atoms with Crippen LogP contribution in [-0.4, -0.2) is 47.5 Å². The molecule has 10 atom stereocenters. The molecule has 0 aliphatic heterocycles. The third-order valence-corrected chi connectivity index (χ3v) is 10.4. The summed E-state index contributed by atoms with van der Waals surface area (Å²) in [4.78, 5) is 18.0. The van der Waals surface area contributed by atoms with Crippen molar-refractivity contribution in [3.05, 3.63) is 0 Å². The highest BCUT2D eigenvalue weighted by molar-refractivity contribution is 5.77. The summed E-state index contributed by atoms with van der Waals surface area (Å²) in [6.07, 6.45) is 7.88. The van der Waals surface area contributed by atoms with Gasteiger partial charge in [0.2, 0.25) is 5.91 Å². The van der Waals surface area contributed by atoms with Crippen LogP contribution in [0.25, 0.3) is 0 Å². The number of aliphatic hydroxyl groups is 2. The number of rotatable bonds is 3. The molecule has 4 saturated carbocycles. The molecule has 5 unspecified atom stereocenters. The van der Waals surface area contributed by atoms with Crippen molar-refractivity contribution in [3.63, 3.8) is 0 Å². The van der Waals surface area contributed by atoms with Crippen molar-refractivity contribution in [2.75, 3.05) is 14.2 Å². The van der Waals surface area contributed by atoms with E-state index >= 15 is 0 Å². The van der Waals surface area contributed by atoms with E-state index in [1.807, 2.05) is 6.92 Å². The third kappa shape index (κ3) is 3.10. The lowest BCUT2D eigenvalue weighted by atomic mass is 9.43. The summed E-state index contributed by atoms with van der Waals surface area (Å²) in [6, 6.07) is 0. The minimum absolute atomic E-state index is 0.0191. The highest BCUT2D eigenvalue weighted by Crippen LogP contribution is 2.68. The second-order valence-corrected chi connectivity index (χ2v) is 11.2. The zero-order chi connectivity index (χ0) is 21.1. The molecule has 29 heavy (non-hydrogen) atoms. The third-order valence-electron chi connectivity index (χ3n) is 10.4. The van der Waals surface area contributed by atoms with Gasteiger partial charge in [-0.2, -0.15) is 0 Å². The molecule has 0 heterocycles. The van der Waals surface area contributed by atoms with Gasteiger partial charge >= 0.3 is 0 Å². The number of nitrogens with zero attached hydrogens (tertiary/aromatic N) is 1. The molecule has 4 aliphatic carbocycles. The number of hydrogen-bond donors (Lipinski definition) is 2. The first-order valence-electron chi connectivity index (χ1n) is 11.8. The first-order valence-corrected chi connectivity index (χ1v) is 11.8. The predicted octanol–water partition coefficient (Wildman–Crippen LogP) is 3.63. The van der Waals surface area contributed by atoms with Crippen molar-refractivity contribution in [2.24, 2.45) is 46.3 Å². The summed E-state index contributed by atoms with van der Waals surface area (Å²) in [6.45, 7) is 6.74. The van der Waals surface area contributed by atoms with Gasteiger partial charge in [0.05, 0.1) is 19.3 Å². The SMILES string of the molecule is CON(C)C(=O)C(C)[C@H]1CCC2C3CCC4C[C@H](O)CC[C@]4(C)C3C[C@H](O)[C@@]21C. The second kappa shape index (κ2) is 7.49. The van der Waals surface area contributed by atoms with Gasteiger partial charge in [-0.1, -0.05) is 20.8 Å². The fraction of sp³-hybridized carbons (Fsp3) is 0.958. The maximum atomic E-state index is 12.8. The Morgan fingerprint density at radius 2 is 1.79 bits per heavy atom. The van der Waals surface area contributed by atoms with Gasteiger partial charge in [0.1, 0.15) is 0 Å². The van der Waals surface area contributed by atoms with Gasteiger partial charge in [-0.25, -0.2) is 5.06 Å². The molecule has 0 aromatic carbocycles. The summed E-state index contributed by atoms with van der Waals surface area (Å²) in [5.74, 6) is 2.36. The number of hydrogen-bond acceptors (Lipinski definition) is 4. The minimum atomic E-state index is -0.355. The van der Waals surface area contributed by atoms with E-state index in [1.165, 1.54) is 25.0 Å². The quantitative estimate of drug-likeness (QED) is 0.701. The average molecular weight is 408 g/mol. The lowest BCUT2D eigenvalue weighted by Crippen LogP contribution is -2.59. The fourth-order valence-corrected chi connectivity index (χ4v) is 8.60. The maximum Gasteiger partial charge on any atom is 0.248 e. The van der Waals surface area contributed by atoms with Gasteiger partial charge in [-0.05, 0) is 86.4 Å². The van der Waals surface area contributed by atoms with E-state index in [0.29, 0.717) is 23.7 Å². The van der Waals surface area contributed by atoms with E-state index in [-0.39, 0.29) is 40.8 Å². The molecule has 0 aromatic rings. The van der Waals surface area contributed by atoms with Crippen LogP contribution < -0.4 is 0 Å². The Balaban J connectivity index is 1.60. The molecular weight excluding hydrogens is 366 g/mol. The molecule has 166 valence electrons. The van der Waals surface area contributed by atoms with E-state index in [9.17, 15) is 15.0 Å².